The first-order valence-corrected chi connectivity index (χ1v) is 7.43. The van der Waals surface area contributed by atoms with Crippen molar-refractivity contribution in [1.82, 2.24) is 5.32 Å². The maximum Gasteiger partial charge on any atom is 0.462 e. The molecule has 33 heavy (non-hydrogen) atoms. The van der Waals surface area contributed by atoms with Gasteiger partial charge in [-0.3, -0.25) is 14.3 Å². The van der Waals surface area contributed by atoms with Crippen LogP contribution in [-0.4, -0.2) is 60.3 Å². The van der Waals surface area contributed by atoms with Gasteiger partial charge in [0.15, 0.2) is 0 Å². The van der Waals surface area contributed by atoms with Crippen LogP contribution in [0.3, 0.4) is 0 Å². The summed E-state index contributed by atoms with van der Waals surface area (Å²) < 4.78 is 222. The SMILES string of the molecule is CC(C)NC(=O)[C@](F)(OC(F)(F)[C@@](F)(OC(F)(F)C(F)(F)C(F)(F)F)C(F)(F)F)C(F)(F)F. The van der Waals surface area contributed by atoms with E-state index in [4.69, 9.17) is 0 Å². The fourth-order valence-electron chi connectivity index (χ4n) is 1.52. The molecule has 0 aromatic carbocycles. The van der Waals surface area contributed by atoms with E-state index in [1.165, 1.54) is 4.74 Å². The van der Waals surface area contributed by atoms with Crippen LogP contribution in [0.2, 0.25) is 0 Å². The second-order valence-electron chi connectivity index (χ2n) is 6.12. The van der Waals surface area contributed by atoms with Crippen LogP contribution < -0.4 is 5.32 Å². The van der Waals surface area contributed by atoms with Gasteiger partial charge in [0.2, 0.25) is 0 Å². The minimum atomic E-state index is -8.01. The van der Waals surface area contributed by atoms with Crippen LogP contribution in [-0.2, 0) is 14.3 Å². The number of carbonyl (C=O) groups is 1. The zero-order valence-corrected chi connectivity index (χ0v) is 15.2. The van der Waals surface area contributed by atoms with Crippen molar-refractivity contribution in [2.24, 2.45) is 0 Å². The average molecular weight is 537 g/mol. The van der Waals surface area contributed by atoms with Crippen molar-refractivity contribution < 1.29 is 88.9 Å². The molecule has 0 aromatic rings. The molecule has 0 aliphatic heterocycles. The van der Waals surface area contributed by atoms with Crippen molar-refractivity contribution in [3.63, 3.8) is 0 Å². The molecule has 0 aromatic heterocycles. The highest BCUT2D eigenvalue weighted by Crippen LogP contribution is 2.56. The van der Waals surface area contributed by atoms with Crippen molar-refractivity contribution >= 4 is 5.91 Å². The fourth-order valence-corrected chi connectivity index (χ4v) is 1.52. The molecule has 21 heteroatoms. The third kappa shape index (κ3) is 5.65. The molecule has 1 N–H and O–H groups in total. The molecule has 0 saturated heterocycles. The Labute approximate surface area is 170 Å². The number of ether oxygens (including phenoxy) is 2. The Morgan fingerprint density at radius 2 is 1.00 bits per heavy atom. The van der Waals surface area contributed by atoms with Crippen LogP contribution in [0.4, 0.5) is 74.6 Å². The van der Waals surface area contributed by atoms with E-state index in [-0.39, 0.29) is 0 Å². The van der Waals surface area contributed by atoms with Crippen LogP contribution >= 0.6 is 0 Å². The lowest BCUT2D eigenvalue weighted by atomic mass is 10.2. The maximum atomic E-state index is 14.0. The Kier molecular flexibility index (Phi) is 7.99. The van der Waals surface area contributed by atoms with Gasteiger partial charge < -0.3 is 5.32 Å². The molecule has 0 bridgehead atoms. The Hall–Kier alpha value is -1.80. The molecule has 0 aliphatic rings. The third-order valence-electron chi connectivity index (χ3n) is 3.07. The van der Waals surface area contributed by atoms with Gasteiger partial charge in [0.25, 0.3) is 5.91 Å². The van der Waals surface area contributed by atoms with E-state index in [0.717, 1.165) is 5.32 Å². The topological polar surface area (TPSA) is 47.6 Å². The van der Waals surface area contributed by atoms with Gasteiger partial charge in [0.05, 0.1) is 0 Å². The molecular weight excluding hydrogens is 529 g/mol. The summed E-state index contributed by atoms with van der Waals surface area (Å²) in [5.41, 5.74) is 0. The molecule has 0 saturated carbocycles. The molecule has 0 heterocycles. The van der Waals surface area contributed by atoms with E-state index >= 15 is 0 Å². The van der Waals surface area contributed by atoms with Crippen LogP contribution in [0.5, 0.6) is 0 Å². The Bertz CT molecular complexity index is 712. The number of rotatable bonds is 8. The lowest BCUT2D eigenvalue weighted by Crippen LogP contribution is -2.69. The first-order valence-electron chi connectivity index (χ1n) is 7.43. The number of carbonyl (C=O) groups excluding carboxylic acids is 1. The van der Waals surface area contributed by atoms with Gasteiger partial charge >= 0.3 is 48.4 Å². The molecule has 0 rings (SSSR count). The number of amides is 1. The first kappa shape index (κ1) is 31.2. The quantitative estimate of drug-likeness (QED) is 0.423. The lowest BCUT2D eigenvalue weighted by molar-refractivity contribution is -0.548. The number of halogens is 17. The van der Waals surface area contributed by atoms with Crippen molar-refractivity contribution in [2.75, 3.05) is 0 Å². The summed E-state index contributed by atoms with van der Waals surface area (Å²) in [6.07, 6.45) is -38.4. The number of alkyl halides is 17. The summed E-state index contributed by atoms with van der Waals surface area (Å²) in [5.74, 6) is -26.0. The van der Waals surface area contributed by atoms with E-state index < -0.39 is 60.3 Å². The van der Waals surface area contributed by atoms with E-state index in [1.54, 1.807) is 0 Å². The number of hydrogen-bond donors (Lipinski definition) is 1. The highest BCUT2D eigenvalue weighted by molar-refractivity contribution is 5.84. The summed E-state index contributed by atoms with van der Waals surface area (Å²) in [4.78, 5) is 11.2. The fraction of sp³-hybridized carbons (Fsp3) is 0.917. The Morgan fingerprint density at radius 1 is 0.606 bits per heavy atom. The molecule has 198 valence electrons. The summed E-state index contributed by atoms with van der Waals surface area (Å²) >= 11 is 0. The summed E-state index contributed by atoms with van der Waals surface area (Å²) in [6.45, 7) is 1.43. The molecule has 0 fully saturated rings. The van der Waals surface area contributed by atoms with Crippen molar-refractivity contribution in [3.8, 4) is 0 Å². The standard InChI is InChI=1S/C12H8F17NO3/c1-3(2)30-4(31)5(13,8(17,18)19)32-12(28,29)7(16,10(23,24)25)33-11(26,27)6(14,15)9(20,21)22/h3H,1-2H3,(H,30,31)/t5-,7-/m0/s1. The molecule has 0 unspecified atom stereocenters. The van der Waals surface area contributed by atoms with Gasteiger partial charge in [-0.2, -0.15) is 74.6 Å². The van der Waals surface area contributed by atoms with Crippen molar-refractivity contribution in [2.45, 2.75) is 68.3 Å². The lowest BCUT2D eigenvalue weighted by Gasteiger charge is -2.40. The molecule has 0 spiro atoms. The van der Waals surface area contributed by atoms with Crippen LogP contribution in [0, 0.1) is 0 Å². The summed E-state index contributed by atoms with van der Waals surface area (Å²) in [5, 5.41) is 0.841. The van der Waals surface area contributed by atoms with Crippen LogP contribution in [0.25, 0.3) is 0 Å². The van der Waals surface area contributed by atoms with Gasteiger partial charge in [-0.15, -0.1) is 0 Å². The molecule has 2 atom stereocenters. The minimum Gasteiger partial charge on any atom is -0.349 e. The van der Waals surface area contributed by atoms with Crippen LogP contribution in [0.1, 0.15) is 13.8 Å². The molecule has 4 nitrogen and oxygen atoms in total. The van der Waals surface area contributed by atoms with E-state index in [0.29, 0.717) is 13.8 Å². The molecule has 0 aliphatic carbocycles. The Balaban J connectivity index is 6.73. The second-order valence-corrected chi connectivity index (χ2v) is 6.12. The summed E-state index contributed by atoms with van der Waals surface area (Å²) in [6, 6.07) is -1.61. The van der Waals surface area contributed by atoms with Gasteiger partial charge in [-0.1, -0.05) is 0 Å². The normalized spacial score (nSPS) is 18.7. The Morgan fingerprint density at radius 3 is 1.27 bits per heavy atom. The van der Waals surface area contributed by atoms with Gasteiger partial charge in [0, 0.05) is 6.04 Å². The molecule has 1 amide bonds. The zero-order valence-electron chi connectivity index (χ0n) is 15.2. The third-order valence-corrected chi connectivity index (χ3v) is 3.07. The van der Waals surface area contributed by atoms with Crippen molar-refractivity contribution in [1.29, 1.82) is 0 Å². The van der Waals surface area contributed by atoms with Crippen LogP contribution in [0.15, 0.2) is 0 Å². The first-order chi connectivity index (χ1) is 14.0. The summed E-state index contributed by atoms with van der Waals surface area (Å²) in [7, 11) is 0. The van der Waals surface area contributed by atoms with E-state index in [9.17, 15) is 79.4 Å². The largest absolute Gasteiger partial charge is 0.462 e. The van der Waals surface area contributed by atoms with Gasteiger partial charge in [-0.25, -0.2) is 0 Å². The maximum absolute atomic E-state index is 14.0. The van der Waals surface area contributed by atoms with E-state index in [2.05, 4.69) is 0 Å². The van der Waals surface area contributed by atoms with E-state index in [1.807, 2.05) is 4.74 Å². The van der Waals surface area contributed by atoms with Gasteiger partial charge in [-0.05, 0) is 13.8 Å². The molecule has 0 radical (unpaired) electrons. The predicted octanol–water partition coefficient (Wildman–Crippen LogP) is 5.38. The van der Waals surface area contributed by atoms with Crippen molar-refractivity contribution in [3.05, 3.63) is 0 Å². The average Bonchev–Trinajstić information content (AvgIpc) is 2.49. The minimum absolute atomic E-state index is 0.713. The monoisotopic (exact) mass is 537 g/mol. The number of nitrogens with one attached hydrogen (secondary N) is 1. The number of hydrogen-bond acceptors (Lipinski definition) is 3. The van der Waals surface area contributed by atoms with Gasteiger partial charge in [0.1, 0.15) is 0 Å². The predicted molar refractivity (Wildman–Crippen MR) is 66.1 cm³/mol. The second kappa shape index (κ2) is 8.45. The highest BCUT2D eigenvalue weighted by atomic mass is 19.4. The zero-order chi connectivity index (χ0) is 27.3. The highest BCUT2D eigenvalue weighted by Gasteiger charge is 2.85. The molecular formula is C12H8F17NO3. The smallest absolute Gasteiger partial charge is 0.349 e.